The molecule has 5 nitrogen and oxygen atoms in total. The van der Waals surface area contributed by atoms with Gasteiger partial charge in [0.2, 0.25) is 0 Å². The summed E-state index contributed by atoms with van der Waals surface area (Å²) in [7, 11) is 0. The van der Waals surface area contributed by atoms with Crippen molar-refractivity contribution < 1.29 is 32.2 Å². The van der Waals surface area contributed by atoms with E-state index in [1.165, 1.54) is 48.2 Å². The van der Waals surface area contributed by atoms with Gasteiger partial charge in [-0.25, -0.2) is 4.39 Å². The Kier molecular flexibility index (Phi) is 8.00. The lowest BCUT2D eigenvalue weighted by Gasteiger charge is -2.11. The minimum absolute atomic E-state index is 0.0470. The Balaban J connectivity index is 1.72. The zero-order valence-corrected chi connectivity index (χ0v) is 14.8. The van der Waals surface area contributed by atoms with E-state index in [0.29, 0.717) is 5.75 Å². The molecule has 1 N–H and O–H groups in total. The van der Waals surface area contributed by atoms with Crippen LogP contribution in [0.4, 0.5) is 18.9 Å². The fourth-order valence-corrected chi connectivity index (χ4v) is 2.79. The van der Waals surface area contributed by atoms with E-state index in [9.17, 15) is 22.8 Å². The summed E-state index contributed by atoms with van der Waals surface area (Å²) in [4.78, 5) is 24.3. The maximum atomic E-state index is 12.8. The zero-order valence-electron chi connectivity index (χ0n) is 14.0. The molecule has 1 amide bonds. The highest BCUT2D eigenvalue weighted by atomic mass is 32.2. The number of thioether (sulfide) groups is 1. The van der Waals surface area contributed by atoms with Gasteiger partial charge in [-0.2, -0.15) is 8.78 Å². The van der Waals surface area contributed by atoms with Gasteiger partial charge in [0.05, 0.1) is 12.1 Å². The number of carbonyl (C=O) groups excluding carboxylic acids is 2. The highest BCUT2D eigenvalue weighted by Crippen LogP contribution is 2.25. The normalized spacial score (nSPS) is 10.5. The molecule has 9 heteroatoms. The predicted molar refractivity (Wildman–Crippen MR) is 94.4 cm³/mol. The molecule has 0 unspecified atom stereocenters. The fraction of sp³-hybridized carbons (Fsp3) is 0.222. The summed E-state index contributed by atoms with van der Waals surface area (Å²) in [5.41, 5.74) is 0.0470. The molecule has 2 aromatic rings. The third-order valence-electron chi connectivity index (χ3n) is 3.13. The van der Waals surface area contributed by atoms with E-state index in [0.717, 1.165) is 4.90 Å². The minimum atomic E-state index is -3.03. The van der Waals surface area contributed by atoms with E-state index < -0.39 is 25.1 Å². The number of halogens is 3. The number of alkyl halides is 2. The molecule has 0 radical (unpaired) electrons. The van der Waals surface area contributed by atoms with Crippen molar-refractivity contribution >= 4 is 29.3 Å². The first-order chi connectivity index (χ1) is 12.9. The van der Waals surface area contributed by atoms with E-state index in [1.54, 1.807) is 12.1 Å². The third-order valence-corrected chi connectivity index (χ3v) is 4.14. The van der Waals surface area contributed by atoms with Crippen LogP contribution in [-0.2, 0) is 14.3 Å². The maximum Gasteiger partial charge on any atom is 0.387 e. The van der Waals surface area contributed by atoms with Crippen molar-refractivity contribution in [1.82, 2.24) is 0 Å². The Hall–Kier alpha value is -2.68. The molecule has 0 spiro atoms. The van der Waals surface area contributed by atoms with Crippen LogP contribution in [-0.4, -0.2) is 30.8 Å². The van der Waals surface area contributed by atoms with E-state index in [2.05, 4.69) is 10.1 Å². The number of rotatable bonds is 9. The van der Waals surface area contributed by atoms with Crippen LogP contribution in [0.5, 0.6) is 5.75 Å². The summed E-state index contributed by atoms with van der Waals surface area (Å²) in [6, 6.07) is 11.5. The number of hydrogen-bond donors (Lipinski definition) is 1. The highest BCUT2D eigenvalue weighted by molar-refractivity contribution is 7.99. The van der Waals surface area contributed by atoms with Gasteiger partial charge in [0.15, 0.2) is 6.61 Å². The van der Waals surface area contributed by atoms with Crippen LogP contribution < -0.4 is 10.1 Å². The van der Waals surface area contributed by atoms with Gasteiger partial charge in [-0.15, -0.1) is 11.8 Å². The third kappa shape index (κ3) is 7.61. The van der Waals surface area contributed by atoms with Crippen LogP contribution >= 0.6 is 11.8 Å². The van der Waals surface area contributed by atoms with E-state index in [-0.39, 0.29) is 23.7 Å². The highest BCUT2D eigenvalue weighted by Gasteiger charge is 2.13. The molecule has 0 saturated carbocycles. The molecule has 0 bridgehead atoms. The molecule has 0 atom stereocenters. The molecule has 0 fully saturated rings. The van der Waals surface area contributed by atoms with E-state index in [4.69, 9.17) is 4.74 Å². The summed E-state index contributed by atoms with van der Waals surface area (Å²) in [5, 5.41) is 2.34. The summed E-state index contributed by atoms with van der Waals surface area (Å²) in [6.45, 7) is -3.58. The molecular formula is C18H16F3NO4S. The Labute approximate surface area is 157 Å². The van der Waals surface area contributed by atoms with Crippen molar-refractivity contribution in [2.75, 3.05) is 17.7 Å². The number of amides is 1. The van der Waals surface area contributed by atoms with Crippen molar-refractivity contribution in [2.24, 2.45) is 0 Å². The Morgan fingerprint density at radius 1 is 1.07 bits per heavy atom. The standard InChI is InChI=1S/C18H16F3NO4S/c19-12-5-7-13(8-6-12)27-10-9-17(24)25-11-16(23)22-14-3-1-2-4-15(14)26-18(20)21/h1-8,18H,9-11H2,(H,22,23). The van der Waals surface area contributed by atoms with Crippen LogP contribution in [0.15, 0.2) is 53.4 Å². The van der Waals surface area contributed by atoms with Gasteiger partial charge in [0.1, 0.15) is 11.6 Å². The summed E-state index contributed by atoms with van der Waals surface area (Å²) < 4.78 is 46.6. The molecule has 0 aliphatic carbocycles. The average Bonchev–Trinajstić information content (AvgIpc) is 2.63. The molecule has 0 aromatic heterocycles. The lowest BCUT2D eigenvalue weighted by Crippen LogP contribution is -2.21. The molecule has 0 aliphatic heterocycles. The first kappa shape index (κ1) is 20.6. The Morgan fingerprint density at radius 3 is 2.48 bits per heavy atom. The molecule has 2 aromatic carbocycles. The molecule has 0 aliphatic rings. The number of para-hydroxylation sites is 2. The van der Waals surface area contributed by atoms with E-state index in [1.807, 2.05) is 0 Å². The molecule has 27 heavy (non-hydrogen) atoms. The largest absolute Gasteiger partial charge is 0.456 e. The second-order valence-corrected chi connectivity index (χ2v) is 6.30. The predicted octanol–water partition coefficient (Wildman–Crippen LogP) is 4.09. The maximum absolute atomic E-state index is 12.8. The molecule has 0 saturated heterocycles. The zero-order chi connectivity index (χ0) is 19.6. The summed E-state index contributed by atoms with van der Waals surface area (Å²) in [5.74, 6) is -1.40. The fourth-order valence-electron chi connectivity index (χ4n) is 1.96. The summed E-state index contributed by atoms with van der Waals surface area (Å²) >= 11 is 1.35. The number of hydrogen-bond acceptors (Lipinski definition) is 5. The van der Waals surface area contributed by atoms with Crippen molar-refractivity contribution in [1.29, 1.82) is 0 Å². The van der Waals surface area contributed by atoms with Crippen molar-refractivity contribution in [2.45, 2.75) is 17.9 Å². The Bertz CT molecular complexity index is 771. The number of esters is 1. The van der Waals surface area contributed by atoms with Crippen LogP contribution in [0.1, 0.15) is 6.42 Å². The van der Waals surface area contributed by atoms with Crippen LogP contribution in [0.3, 0.4) is 0 Å². The van der Waals surface area contributed by atoms with Crippen molar-refractivity contribution in [3.05, 3.63) is 54.3 Å². The van der Waals surface area contributed by atoms with Gasteiger partial charge in [-0.3, -0.25) is 9.59 Å². The second kappa shape index (κ2) is 10.5. The van der Waals surface area contributed by atoms with E-state index >= 15 is 0 Å². The SMILES string of the molecule is O=C(COC(=O)CCSc1ccc(F)cc1)Nc1ccccc1OC(F)F. The number of nitrogens with one attached hydrogen (secondary N) is 1. The van der Waals surface area contributed by atoms with Crippen molar-refractivity contribution in [3.63, 3.8) is 0 Å². The monoisotopic (exact) mass is 399 g/mol. The second-order valence-electron chi connectivity index (χ2n) is 5.14. The van der Waals surface area contributed by atoms with Crippen LogP contribution in [0.25, 0.3) is 0 Å². The first-order valence-corrected chi connectivity index (χ1v) is 8.80. The number of ether oxygens (including phenoxy) is 2. The number of benzene rings is 2. The minimum Gasteiger partial charge on any atom is -0.456 e. The molecule has 144 valence electrons. The molecule has 2 rings (SSSR count). The molecule has 0 heterocycles. The van der Waals surface area contributed by atoms with Crippen LogP contribution in [0, 0.1) is 5.82 Å². The lowest BCUT2D eigenvalue weighted by atomic mass is 10.3. The lowest BCUT2D eigenvalue weighted by molar-refractivity contribution is -0.146. The summed E-state index contributed by atoms with van der Waals surface area (Å²) in [6.07, 6.45) is 0.0560. The van der Waals surface area contributed by atoms with Gasteiger partial charge in [-0.1, -0.05) is 12.1 Å². The number of carbonyl (C=O) groups is 2. The van der Waals surface area contributed by atoms with Gasteiger partial charge in [0.25, 0.3) is 5.91 Å². The first-order valence-electron chi connectivity index (χ1n) is 7.81. The number of anilines is 1. The average molecular weight is 399 g/mol. The van der Waals surface area contributed by atoms with Gasteiger partial charge in [0, 0.05) is 10.6 Å². The quantitative estimate of drug-likeness (QED) is 0.508. The van der Waals surface area contributed by atoms with Crippen molar-refractivity contribution in [3.8, 4) is 5.75 Å². The van der Waals surface area contributed by atoms with Gasteiger partial charge in [-0.05, 0) is 36.4 Å². The topological polar surface area (TPSA) is 64.6 Å². The van der Waals surface area contributed by atoms with Gasteiger partial charge < -0.3 is 14.8 Å². The smallest absolute Gasteiger partial charge is 0.387 e. The Morgan fingerprint density at radius 2 is 1.78 bits per heavy atom. The molecular weight excluding hydrogens is 383 g/mol. The van der Waals surface area contributed by atoms with Crippen LogP contribution in [0.2, 0.25) is 0 Å². The van der Waals surface area contributed by atoms with Gasteiger partial charge >= 0.3 is 12.6 Å².